The number of nitrogens with zero attached hydrogens (tertiary/aromatic N) is 3. The second kappa shape index (κ2) is 8.49. The van der Waals surface area contributed by atoms with E-state index in [1.54, 1.807) is 26.0 Å². The summed E-state index contributed by atoms with van der Waals surface area (Å²) >= 11 is 0. The van der Waals surface area contributed by atoms with Gasteiger partial charge in [-0.1, -0.05) is 0 Å². The number of esters is 1. The molecule has 0 aromatic heterocycles. The van der Waals surface area contributed by atoms with Gasteiger partial charge in [-0.25, -0.2) is 4.79 Å². The third-order valence-electron chi connectivity index (χ3n) is 4.04. The minimum atomic E-state index is -5.13. The lowest BCUT2D eigenvalue weighted by Crippen LogP contribution is -2.55. The molecule has 28 heavy (non-hydrogen) atoms. The molecule has 1 aromatic rings. The fourth-order valence-corrected chi connectivity index (χ4v) is 2.49. The molecule has 1 aliphatic heterocycles. The van der Waals surface area contributed by atoms with E-state index < -0.39 is 17.8 Å². The first kappa shape index (κ1) is 21.5. The molecule has 0 saturated heterocycles. The molecule has 0 fully saturated rings. The van der Waals surface area contributed by atoms with Crippen LogP contribution in [0.3, 0.4) is 0 Å². The molecule has 10 heteroatoms. The highest BCUT2D eigenvalue weighted by Crippen LogP contribution is 2.39. The fraction of sp³-hybridized carbons (Fsp3) is 0.500. The SMILES string of the molecule is CCOC(=O)C1(C(F)(F)F)N=C(c2ccc(OC)cc2)OC(N(CC)CC)=N1. The second-order valence-electron chi connectivity index (χ2n) is 5.70. The van der Waals surface area contributed by atoms with Gasteiger partial charge in [0.25, 0.3) is 6.02 Å². The number of halogens is 3. The predicted molar refractivity (Wildman–Crippen MR) is 96.4 cm³/mol. The lowest BCUT2D eigenvalue weighted by molar-refractivity contribution is -0.204. The topological polar surface area (TPSA) is 72.7 Å². The Morgan fingerprint density at radius 2 is 1.75 bits per heavy atom. The van der Waals surface area contributed by atoms with E-state index in [4.69, 9.17) is 9.47 Å². The molecular weight excluding hydrogens is 379 g/mol. The quantitative estimate of drug-likeness (QED) is 0.686. The fourth-order valence-electron chi connectivity index (χ4n) is 2.49. The molecule has 1 unspecified atom stereocenters. The molecule has 0 spiro atoms. The highest BCUT2D eigenvalue weighted by molar-refractivity contribution is 6.05. The molecule has 1 aliphatic rings. The van der Waals surface area contributed by atoms with Crippen LogP contribution in [-0.4, -0.2) is 61.4 Å². The molecule has 0 radical (unpaired) electrons. The number of carbonyl (C=O) groups is 1. The Morgan fingerprint density at radius 3 is 2.21 bits per heavy atom. The average Bonchev–Trinajstić information content (AvgIpc) is 2.68. The molecule has 1 atom stereocenters. The third kappa shape index (κ3) is 4.05. The van der Waals surface area contributed by atoms with Gasteiger partial charge in [-0.2, -0.15) is 23.2 Å². The predicted octanol–water partition coefficient (Wildman–Crippen LogP) is 2.99. The van der Waals surface area contributed by atoms with Gasteiger partial charge in [0.05, 0.1) is 13.7 Å². The van der Waals surface area contributed by atoms with Gasteiger partial charge < -0.3 is 19.1 Å². The van der Waals surface area contributed by atoms with Gasteiger partial charge in [-0.3, -0.25) is 0 Å². The van der Waals surface area contributed by atoms with Crippen molar-refractivity contribution < 1.29 is 32.2 Å². The lowest BCUT2D eigenvalue weighted by Gasteiger charge is -2.33. The van der Waals surface area contributed by atoms with Gasteiger partial charge in [-0.15, -0.1) is 0 Å². The number of rotatable bonds is 6. The Labute approximate surface area is 160 Å². The van der Waals surface area contributed by atoms with Crippen LogP contribution in [0.25, 0.3) is 0 Å². The van der Waals surface area contributed by atoms with Crippen LogP contribution in [0, 0.1) is 0 Å². The molecule has 0 N–H and O–H groups in total. The highest BCUT2D eigenvalue weighted by Gasteiger charge is 2.65. The number of alkyl halides is 3. The van der Waals surface area contributed by atoms with Gasteiger partial charge in [0.1, 0.15) is 5.75 Å². The molecule has 0 bridgehead atoms. The van der Waals surface area contributed by atoms with Gasteiger partial charge in [-0.05, 0) is 45.0 Å². The summed E-state index contributed by atoms with van der Waals surface area (Å²) in [5, 5.41) is 0. The molecule has 0 amide bonds. The Balaban J connectivity index is 2.66. The van der Waals surface area contributed by atoms with Gasteiger partial charge in [0.15, 0.2) is 0 Å². The van der Waals surface area contributed by atoms with Crippen LogP contribution in [0.15, 0.2) is 34.3 Å². The van der Waals surface area contributed by atoms with Crippen molar-refractivity contribution in [3.8, 4) is 5.75 Å². The molecule has 0 saturated carbocycles. The van der Waals surface area contributed by atoms with Crippen LogP contribution in [0.5, 0.6) is 5.75 Å². The summed E-state index contributed by atoms with van der Waals surface area (Å²) in [6.07, 6.45) is -5.13. The molecule has 1 aromatic carbocycles. The summed E-state index contributed by atoms with van der Waals surface area (Å²) in [5.74, 6) is -1.49. The Bertz CT molecular complexity index is 758. The maximum Gasteiger partial charge on any atom is 0.446 e. The zero-order valence-corrected chi connectivity index (χ0v) is 16.0. The Kier molecular flexibility index (Phi) is 6.52. The van der Waals surface area contributed by atoms with Crippen molar-refractivity contribution in [2.24, 2.45) is 9.98 Å². The number of hydrogen-bond donors (Lipinski definition) is 0. The zero-order chi connectivity index (χ0) is 20.9. The highest BCUT2D eigenvalue weighted by atomic mass is 19.4. The van der Waals surface area contributed by atoms with Crippen molar-refractivity contribution in [3.05, 3.63) is 29.8 Å². The van der Waals surface area contributed by atoms with Gasteiger partial charge in [0, 0.05) is 18.7 Å². The van der Waals surface area contributed by atoms with Crippen LogP contribution < -0.4 is 4.74 Å². The number of aliphatic imine (C=N–C) groups is 2. The number of amidine groups is 1. The van der Waals surface area contributed by atoms with Crippen molar-refractivity contribution in [2.45, 2.75) is 32.6 Å². The van der Waals surface area contributed by atoms with E-state index in [1.165, 1.54) is 31.1 Å². The molecule has 154 valence electrons. The maximum atomic E-state index is 14.0. The summed E-state index contributed by atoms with van der Waals surface area (Å²) in [4.78, 5) is 20.9. The van der Waals surface area contributed by atoms with Gasteiger partial charge in [0.2, 0.25) is 5.90 Å². The monoisotopic (exact) mass is 401 g/mol. The number of methoxy groups -OCH3 is 1. The third-order valence-corrected chi connectivity index (χ3v) is 4.04. The van der Waals surface area contributed by atoms with Gasteiger partial charge >= 0.3 is 17.8 Å². The molecular formula is C18H22F3N3O4. The van der Waals surface area contributed by atoms with Crippen LogP contribution in [0.4, 0.5) is 13.2 Å². The Morgan fingerprint density at radius 1 is 1.14 bits per heavy atom. The first-order valence-electron chi connectivity index (χ1n) is 8.73. The van der Waals surface area contributed by atoms with E-state index in [-0.39, 0.29) is 24.1 Å². The number of carbonyl (C=O) groups excluding carboxylic acids is 1. The normalized spacial score (nSPS) is 19.2. The summed E-state index contributed by atoms with van der Waals surface area (Å²) in [6.45, 7) is 5.26. The smallest absolute Gasteiger partial charge is 0.446 e. The van der Waals surface area contributed by atoms with Crippen LogP contribution in [0.1, 0.15) is 26.3 Å². The second-order valence-corrected chi connectivity index (χ2v) is 5.70. The zero-order valence-electron chi connectivity index (χ0n) is 16.0. The van der Waals surface area contributed by atoms with E-state index in [9.17, 15) is 18.0 Å². The van der Waals surface area contributed by atoms with E-state index in [1.807, 2.05) is 0 Å². The van der Waals surface area contributed by atoms with Crippen molar-refractivity contribution >= 4 is 17.9 Å². The minimum absolute atomic E-state index is 0.235. The number of hydrogen-bond acceptors (Lipinski definition) is 7. The summed E-state index contributed by atoms with van der Waals surface area (Å²) in [5.41, 5.74) is -3.20. The van der Waals surface area contributed by atoms with Crippen molar-refractivity contribution in [3.63, 3.8) is 0 Å². The summed E-state index contributed by atoms with van der Waals surface area (Å²) in [7, 11) is 1.46. The van der Waals surface area contributed by atoms with Crippen molar-refractivity contribution in [2.75, 3.05) is 26.8 Å². The number of benzene rings is 1. The molecule has 1 heterocycles. The first-order valence-corrected chi connectivity index (χ1v) is 8.73. The minimum Gasteiger partial charge on any atom is -0.497 e. The van der Waals surface area contributed by atoms with Crippen molar-refractivity contribution in [1.82, 2.24) is 4.90 Å². The van der Waals surface area contributed by atoms with Crippen LogP contribution in [0.2, 0.25) is 0 Å². The molecule has 2 rings (SSSR count). The Hall–Kier alpha value is -2.78. The summed E-state index contributed by atoms with van der Waals surface area (Å²) in [6, 6.07) is 5.70. The van der Waals surface area contributed by atoms with Crippen LogP contribution >= 0.6 is 0 Å². The average molecular weight is 401 g/mol. The molecule has 0 aliphatic carbocycles. The van der Waals surface area contributed by atoms with E-state index in [2.05, 4.69) is 14.7 Å². The van der Waals surface area contributed by atoms with E-state index in [0.29, 0.717) is 18.8 Å². The van der Waals surface area contributed by atoms with Crippen molar-refractivity contribution in [1.29, 1.82) is 0 Å². The lowest BCUT2D eigenvalue weighted by atomic mass is 10.1. The first-order chi connectivity index (χ1) is 13.2. The maximum absolute atomic E-state index is 14.0. The number of ether oxygens (including phenoxy) is 3. The summed E-state index contributed by atoms with van der Waals surface area (Å²) < 4.78 is 57.3. The largest absolute Gasteiger partial charge is 0.497 e. The van der Waals surface area contributed by atoms with E-state index in [0.717, 1.165) is 0 Å². The molecule has 7 nitrogen and oxygen atoms in total. The van der Waals surface area contributed by atoms with E-state index >= 15 is 0 Å². The van der Waals surface area contributed by atoms with Crippen LogP contribution in [-0.2, 0) is 14.3 Å². The standard InChI is InChI=1S/C18H22F3N3O4/c1-5-24(6-2)16-23-17(18(19,20)21,15(25)27-7-3)22-14(28-16)12-8-10-13(26-4)11-9-12/h8-11H,5-7H2,1-4H3.